The van der Waals surface area contributed by atoms with Crippen LogP contribution < -0.4 is 15.9 Å². The minimum Gasteiger partial charge on any atom is -0.294 e. The van der Waals surface area contributed by atoms with Crippen LogP contribution in [-0.4, -0.2) is 5.78 Å². The van der Waals surface area contributed by atoms with Crippen molar-refractivity contribution in [3.8, 4) is 0 Å². The highest BCUT2D eigenvalue weighted by Gasteiger charge is 2.51. The molecule has 0 saturated heterocycles. The minimum atomic E-state index is -2.58. The monoisotopic (exact) mass is 493 g/mol. The average molecular weight is 494 g/mol. The van der Waals surface area contributed by atoms with Crippen molar-refractivity contribution in [2.45, 2.75) is 6.42 Å². The van der Waals surface area contributed by atoms with E-state index >= 15 is 0 Å². The number of carbonyl (C=O) groups is 1. The summed E-state index contributed by atoms with van der Waals surface area (Å²) in [5, 5.41) is 3.80. The van der Waals surface area contributed by atoms with E-state index in [1.54, 1.807) is 0 Å². The topological polar surface area (TPSA) is 17.1 Å². The molecule has 0 N–H and O–H groups in total. The van der Waals surface area contributed by atoms with Gasteiger partial charge in [-0.15, -0.1) is 0 Å². The van der Waals surface area contributed by atoms with Crippen LogP contribution in [0.15, 0.2) is 125 Å². The number of allylic oxidation sites excluding steroid dienone is 1. The first kappa shape index (κ1) is 23.4. The maximum atomic E-state index is 13.4. The number of benzene rings is 4. The van der Waals surface area contributed by atoms with Gasteiger partial charge in [-0.1, -0.05) is 77.8 Å². The van der Waals surface area contributed by atoms with Gasteiger partial charge < -0.3 is 0 Å². The summed E-state index contributed by atoms with van der Waals surface area (Å²) < 4.78 is 13.5. The molecule has 0 saturated carbocycles. The van der Waals surface area contributed by atoms with E-state index < -0.39 is 13.1 Å². The van der Waals surface area contributed by atoms with E-state index in [4.69, 9.17) is 23.2 Å². The molecule has 4 aromatic rings. The van der Waals surface area contributed by atoms with Crippen molar-refractivity contribution in [2.75, 3.05) is 0 Å². The fourth-order valence-corrected chi connectivity index (χ4v) is 9.29. The standard InChI is InChI=1S/C28H21Cl2FOP/c29-28(30)27(20-26(32)21-16-18-22(31)19-17-21)33(23-10-4-1-5-11-23,24-12-6-2-7-13-24)25-14-8-3-9-15-25/h1-19H,20H2/q+1. The molecular formula is C28H21Cl2FOP+. The molecule has 5 heteroatoms. The molecule has 0 unspecified atom stereocenters. The summed E-state index contributed by atoms with van der Waals surface area (Å²) in [6.07, 6.45) is 0.0143. The van der Waals surface area contributed by atoms with Gasteiger partial charge >= 0.3 is 0 Å². The second-order valence-corrected chi connectivity index (χ2v) is 11.9. The van der Waals surface area contributed by atoms with E-state index in [2.05, 4.69) is 36.4 Å². The van der Waals surface area contributed by atoms with Crippen molar-refractivity contribution < 1.29 is 9.18 Å². The Morgan fingerprint density at radius 1 is 0.636 bits per heavy atom. The highest BCUT2D eigenvalue weighted by molar-refractivity contribution is 7.99. The SMILES string of the molecule is O=C(CC(=C(Cl)Cl)[P+](c1ccccc1)(c1ccccc1)c1ccccc1)c1ccc(F)cc1. The van der Waals surface area contributed by atoms with E-state index in [0.29, 0.717) is 10.9 Å². The van der Waals surface area contributed by atoms with Gasteiger partial charge in [0.05, 0.1) is 6.42 Å². The molecule has 0 spiro atoms. The number of ketones is 1. The molecule has 1 nitrogen and oxygen atoms in total. The Balaban J connectivity index is 1.99. The molecule has 33 heavy (non-hydrogen) atoms. The molecule has 0 heterocycles. The number of hydrogen-bond acceptors (Lipinski definition) is 1. The summed E-state index contributed by atoms with van der Waals surface area (Å²) in [6.45, 7) is 0. The van der Waals surface area contributed by atoms with Crippen LogP contribution in [0.2, 0.25) is 0 Å². The van der Waals surface area contributed by atoms with Crippen LogP contribution in [0.3, 0.4) is 0 Å². The molecule has 0 fully saturated rings. The molecule has 164 valence electrons. The summed E-state index contributed by atoms with van der Waals surface area (Å²) in [6, 6.07) is 35.7. The van der Waals surface area contributed by atoms with Gasteiger partial charge in [0, 0.05) is 5.56 Å². The van der Waals surface area contributed by atoms with Crippen LogP contribution >= 0.6 is 30.5 Å². The average Bonchev–Trinajstić information content (AvgIpc) is 2.86. The molecule has 0 aromatic heterocycles. The third kappa shape index (κ3) is 4.80. The van der Waals surface area contributed by atoms with E-state index in [-0.39, 0.29) is 16.7 Å². The van der Waals surface area contributed by atoms with Crippen molar-refractivity contribution in [3.63, 3.8) is 0 Å². The molecule has 0 amide bonds. The normalized spacial score (nSPS) is 11.1. The van der Waals surface area contributed by atoms with Crippen LogP contribution in [-0.2, 0) is 0 Å². The lowest BCUT2D eigenvalue weighted by Crippen LogP contribution is -2.33. The zero-order valence-electron chi connectivity index (χ0n) is 17.7. The first-order valence-corrected chi connectivity index (χ1v) is 13.0. The molecule has 4 rings (SSSR count). The number of halogens is 3. The molecule has 4 aromatic carbocycles. The lowest BCUT2D eigenvalue weighted by Gasteiger charge is -2.29. The smallest absolute Gasteiger partial charge is 0.170 e. The Morgan fingerprint density at radius 2 is 1.03 bits per heavy atom. The van der Waals surface area contributed by atoms with Gasteiger partial charge in [0.1, 0.15) is 38.8 Å². The zero-order valence-corrected chi connectivity index (χ0v) is 20.1. The molecule has 0 aliphatic carbocycles. The van der Waals surface area contributed by atoms with Gasteiger partial charge in [-0.2, -0.15) is 0 Å². The Kier molecular flexibility index (Phi) is 7.40. The predicted octanol–water partition coefficient (Wildman–Crippen LogP) is 7.04. The first-order valence-electron chi connectivity index (χ1n) is 10.4. The zero-order chi connectivity index (χ0) is 23.3. The van der Waals surface area contributed by atoms with Crippen molar-refractivity contribution in [2.24, 2.45) is 0 Å². The second kappa shape index (κ2) is 10.4. The van der Waals surface area contributed by atoms with Crippen molar-refractivity contribution in [1.82, 2.24) is 0 Å². The largest absolute Gasteiger partial charge is 0.294 e. The molecule has 0 atom stereocenters. The Morgan fingerprint density at radius 3 is 1.39 bits per heavy atom. The van der Waals surface area contributed by atoms with Gasteiger partial charge in [0.25, 0.3) is 0 Å². The first-order chi connectivity index (χ1) is 16.0. The van der Waals surface area contributed by atoms with Crippen LogP contribution in [0.4, 0.5) is 4.39 Å². The van der Waals surface area contributed by atoms with Crippen LogP contribution in [0, 0.1) is 5.82 Å². The van der Waals surface area contributed by atoms with E-state index in [9.17, 15) is 9.18 Å². The minimum absolute atomic E-state index is 0.0143. The van der Waals surface area contributed by atoms with Crippen LogP contribution in [0.1, 0.15) is 16.8 Å². The van der Waals surface area contributed by atoms with E-state index in [0.717, 1.165) is 15.9 Å². The Labute approximate surface area is 203 Å². The maximum absolute atomic E-state index is 13.4. The third-order valence-electron chi connectivity index (χ3n) is 5.55. The number of carbonyl (C=O) groups excluding carboxylic acids is 1. The van der Waals surface area contributed by atoms with Gasteiger partial charge in [0.15, 0.2) is 5.78 Å². The Bertz CT molecular complexity index is 1160. The Hall–Kier alpha value is -2.77. The van der Waals surface area contributed by atoms with Crippen LogP contribution in [0.25, 0.3) is 0 Å². The number of rotatable bonds is 7. The van der Waals surface area contributed by atoms with E-state index in [1.165, 1.54) is 24.3 Å². The summed E-state index contributed by atoms with van der Waals surface area (Å²) in [5.74, 6) is -0.562. The highest BCUT2D eigenvalue weighted by Crippen LogP contribution is 2.65. The van der Waals surface area contributed by atoms with Crippen LogP contribution in [0.5, 0.6) is 0 Å². The van der Waals surface area contributed by atoms with E-state index in [1.807, 2.05) is 54.6 Å². The molecule has 0 aliphatic rings. The van der Waals surface area contributed by atoms with Crippen molar-refractivity contribution in [1.29, 1.82) is 0 Å². The van der Waals surface area contributed by atoms with Gasteiger partial charge in [-0.05, 0) is 60.7 Å². The molecule has 0 bridgehead atoms. The fraction of sp³-hybridized carbons (Fsp3) is 0.0357. The summed E-state index contributed by atoms with van der Waals surface area (Å²) in [5.41, 5.74) is 0.413. The maximum Gasteiger partial charge on any atom is 0.170 e. The third-order valence-corrected chi connectivity index (χ3v) is 10.7. The highest BCUT2D eigenvalue weighted by atomic mass is 35.5. The quantitative estimate of drug-likeness (QED) is 0.199. The molecule has 0 radical (unpaired) electrons. The fourth-order valence-electron chi connectivity index (χ4n) is 4.07. The second-order valence-electron chi connectivity index (χ2n) is 7.49. The summed E-state index contributed by atoms with van der Waals surface area (Å²) in [4.78, 5) is 13.4. The molecule has 0 aliphatic heterocycles. The van der Waals surface area contributed by atoms with Gasteiger partial charge in [-0.25, -0.2) is 4.39 Å². The van der Waals surface area contributed by atoms with Gasteiger partial charge in [0.2, 0.25) is 0 Å². The number of hydrogen-bond donors (Lipinski definition) is 0. The molecular weight excluding hydrogens is 473 g/mol. The van der Waals surface area contributed by atoms with Crippen molar-refractivity contribution in [3.05, 3.63) is 136 Å². The van der Waals surface area contributed by atoms with Crippen molar-refractivity contribution >= 4 is 52.2 Å². The lowest BCUT2D eigenvalue weighted by molar-refractivity contribution is 0.0994. The summed E-state index contributed by atoms with van der Waals surface area (Å²) >= 11 is 13.2. The summed E-state index contributed by atoms with van der Waals surface area (Å²) in [7, 11) is -2.58. The predicted molar refractivity (Wildman–Crippen MR) is 139 cm³/mol. The lowest BCUT2D eigenvalue weighted by atomic mass is 10.1. The van der Waals surface area contributed by atoms with Gasteiger partial charge in [-0.3, -0.25) is 4.79 Å². The number of Topliss-reactive ketones (excluding diaryl/α,β-unsaturated/α-hetero) is 1.